The molecule has 1 aromatic carbocycles. The maximum atomic E-state index is 11.3. The molecule has 100 valence electrons. The van der Waals surface area contributed by atoms with Crippen LogP contribution in [0, 0.1) is 0 Å². The highest BCUT2D eigenvalue weighted by Gasteiger charge is 2.02. The molecular formula is C14H22N2O2. The van der Waals surface area contributed by atoms with Crippen LogP contribution in [0.4, 0.5) is 4.79 Å². The monoisotopic (exact) mass is 250 g/mol. The molecule has 4 nitrogen and oxygen atoms in total. The Hall–Kier alpha value is -1.71. The molecule has 1 rings (SSSR count). The van der Waals surface area contributed by atoms with Gasteiger partial charge < -0.3 is 15.4 Å². The first-order chi connectivity index (χ1) is 8.63. The Morgan fingerprint density at radius 3 is 2.72 bits per heavy atom. The Morgan fingerprint density at radius 1 is 1.33 bits per heavy atom. The van der Waals surface area contributed by atoms with Crippen LogP contribution in [0.1, 0.15) is 26.3 Å². The van der Waals surface area contributed by atoms with Gasteiger partial charge in [0.25, 0.3) is 0 Å². The van der Waals surface area contributed by atoms with E-state index < -0.39 is 0 Å². The van der Waals surface area contributed by atoms with E-state index in [1.54, 1.807) is 0 Å². The molecule has 0 saturated carbocycles. The van der Waals surface area contributed by atoms with Gasteiger partial charge in [0.15, 0.2) is 0 Å². The summed E-state index contributed by atoms with van der Waals surface area (Å²) in [5.41, 5.74) is 1.18. The van der Waals surface area contributed by atoms with E-state index in [4.69, 9.17) is 4.74 Å². The lowest BCUT2D eigenvalue weighted by Crippen LogP contribution is -2.41. The van der Waals surface area contributed by atoms with Crippen LogP contribution >= 0.6 is 0 Å². The number of hydrogen-bond acceptors (Lipinski definition) is 2. The van der Waals surface area contributed by atoms with E-state index in [9.17, 15) is 4.79 Å². The third-order valence-corrected chi connectivity index (χ3v) is 2.42. The minimum atomic E-state index is -0.155. The van der Waals surface area contributed by atoms with Crippen LogP contribution in [0.25, 0.3) is 0 Å². The zero-order valence-corrected chi connectivity index (χ0v) is 11.3. The van der Waals surface area contributed by atoms with Crippen LogP contribution in [0.15, 0.2) is 24.3 Å². The number of carbonyl (C=O) groups excluding carboxylic acids is 1. The van der Waals surface area contributed by atoms with Gasteiger partial charge in [-0.2, -0.15) is 0 Å². The fraction of sp³-hybridized carbons (Fsp3) is 0.500. The van der Waals surface area contributed by atoms with Crippen molar-refractivity contribution >= 4 is 6.03 Å². The quantitative estimate of drug-likeness (QED) is 0.761. The molecule has 0 atom stereocenters. The largest absolute Gasteiger partial charge is 0.491 e. The van der Waals surface area contributed by atoms with Crippen LogP contribution in [0.5, 0.6) is 5.75 Å². The average Bonchev–Trinajstić information content (AvgIpc) is 2.34. The summed E-state index contributed by atoms with van der Waals surface area (Å²) in [4.78, 5) is 11.3. The number of ether oxygens (including phenoxy) is 1. The molecule has 0 spiro atoms. The van der Waals surface area contributed by atoms with Crippen molar-refractivity contribution in [1.29, 1.82) is 0 Å². The van der Waals surface area contributed by atoms with Crippen LogP contribution in [-0.4, -0.2) is 25.2 Å². The van der Waals surface area contributed by atoms with Gasteiger partial charge in [-0.05, 0) is 31.9 Å². The van der Waals surface area contributed by atoms with Crippen molar-refractivity contribution < 1.29 is 9.53 Å². The summed E-state index contributed by atoms with van der Waals surface area (Å²) in [6.07, 6.45) is 0.942. The van der Waals surface area contributed by atoms with Gasteiger partial charge in [-0.1, -0.05) is 25.1 Å². The highest BCUT2D eigenvalue weighted by atomic mass is 16.5. The van der Waals surface area contributed by atoms with Gasteiger partial charge in [-0.3, -0.25) is 0 Å². The van der Waals surface area contributed by atoms with Gasteiger partial charge >= 0.3 is 6.03 Å². The molecule has 0 aliphatic rings. The summed E-state index contributed by atoms with van der Waals surface area (Å²) in [7, 11) is 0. The average molecular weight is 250 g/mol. The molecule has 0 saturated heterocycles. The number of rotatable bonds is 6. The number of aryl methyl sites for hydroxylation is 1. The molecule has 2 N–H and O–H groups in total. The van der Waals surface area contributed by atoms with Crippen LogP contribution in [0.3, 0.4) is 0 Å². The second-order valence-corrected chi connectivity index (χ2v) is 4.36. The number of urea groups is 1. The molecule has 0 heterocycles. The molecule has 1 aromatic rings. The van der Waals surface area contributed by atoms with Gasteiger partial charge in [-0.15, -0.1) is 0 Å². The smallest absolute Gasteiger partial charge is 0.315 e. The van der Waals surface area contributed by atoms with Crippen molar-refractivity contribution in [2.24, 2.45) is 0 Å². The van der Waals surface area contributed by atoms with E-state index >= 15 is 0 Å². The second kappa shape index (κ2) is 7.58. The number of amides is 2. The lowest BCUT2D eigenvalue weighted by atomic mass is 10.1. The number of para-hydroxylation sites is 1. The minimum Gasteiger partial charge on any atom is -0.491 e. The third kappa shape index (κ3) is 5.08. The van der Waals surface area contributed by atoms with E-state index in [2.05, 4.69) is 17.6 Å². The Bertz CT molecular complexity index is 378. The summed E-state index contributed by atoms with van der Waals surface area (Å²) in [5, 5.41) is 5.51. The van der Waals surface area contributed by atoms with Gasteiger partial charge in [-0.25, -0.2) is 4.79 Å². The normalized spacial score (nSPS) is 10.2. The van der Waals surface area contributed by atoms with E-state index in [0.717, 1.165) is 12.2 Å². The molecule has 0 unspecified atom stereocenters. The lowest BCUT2D eigenvalue weighted by molar-refractivity contribution is 0.234. The maximum absolute atomic E-state index is 11.3. The molecule has 0 radical (unpaired) electrons. The molecule has 0 bridgehead atoms. The summed E-state index contributed by atoms with van der Waals surface area (Å²) in [5.74, 6) is 0.895. The Morgan fingerprint density at radius 2 is 2.06 bits per heavy atom. The number of carbonyl (C=O) groups is 1. The second-order valence-electron chi connectivity index (χ2n) is 4.36. The highest BCUT2D eigenvalue weighted by Crippen LogP contribution is 2.17. The summed E-state index contributed by atoms with van der Waals surface area (Å²) in [6.45, 7) is 6.91. The van der Waals surface area contributed by atoms with Crippen molar-refractivity contribution in [3.8, 4) is 5.75 Å². The predicted molar refractivity (Wildman–Crippen MR) is 73.0 cm³/mol. The maximum Gasteiger partial charge on any atom is 0.315 e. The zero-order valence-electron chi connectivity index (χ0n) is 11.3. The van der Waals surface area contributed by atoms with Crippen LogP contribution in [0.2, 0.25) is 0 Å². The molecule has 18 heavy (non-hydrogen) atoms. The van der Waals surface area contributed by atoms with E-state index in [-0.39, 0.29) is 12.1 Å². The third-order valence-electron chi connectivity index (χ3n) is 2.42. The number of hydrogen-bond donors (Lipinski definition) is 2. The highest BCUT2D eigenvalue weighted by molar-refractivity contribution is 5.74. The number of benzene rings is 1. The first kappa shape index (κ1) is 14.4. The Balaban J connectivity index is 2.27. The van der Waals surface area contributed by atoms with Gasteiger partial charge in [0.05, 0.1) is 6.54 Å². The Labute approximate surface area is 109 Å². The van der Waals surface area contributed by atoms with Crippen LogP contribution in [-0.2, 0) is 6.42 Å². The molecular weight excluding hydrogens is 228 g/mol. The number of nitrogens with one attached hydrogen (secondary N) is 2. The molecule has 2 amide bonds. The van der Waals surface area contributed by atoms with Gasteiger partial charge in [0, 0.05) is 6.04 Å². The fourth-order valence-corrected chi connectivity index (χ4v) is 1.58. The van der Waals surface area contributed by atoms with E-state index in [1.165, 1.54) is 5.56 Å². The van der Waals surface area contributed by atoms with Gasteiger partial charge in [0.1, 0.15) is 12.4 Å². The predicted octanol–water partition coefficient (Wildman–Crippen LogP) is 2.34. The van der Waals surface area contributed by atoms with Crippen molar-refractivity contribution in [2.45, 2.75) is 33.2 Å². The van der Waals surface area contributed by atoms with Gasteiger partial charge in [0.2, 0.25) is 0 Å². The first-order valence-corrected chi connectivity index (χ1v) is 6.38. The molecule has 0 fully saturated rings. The van der Waals surface area contributed by atoms with Crippen molar-refractivity contribution in [3.05, 3.63) is 29.8 Å². The molecule has 0 aliphatic heterocycles. The topological polar surface area (TPSA) is 50.4 Å². The van der Waals surface area contributed by atoms with Crippen molar-refractivity contribution in [3.63, 3.8) is 0 Å². The molecule has 4 heteroatoms. The van der Waals surface area contributed by atoms with Crippen molar-refractivity contribution in [2.75, 3.05) is 13.2 Å². The minimum absolute atomic E-state index is 0.145. The van der Waals surface area contributed by atoms with Crippen LogP contribution < -0.4 is 15.4 Å². The summed E-state index contributed by atoms with van der Waals surface area (Å²) < 4.78 is 5.64. The lowest BCUT2D eigenvalue weighted by Gasteiger charge is -2.12. The molecule has 0 aromatic heterocycles. The van der Waals surface area contributed by atoms with E-state index in [0.29, 0.717) is 13.2 Å². The standard InChI is InChI=1S/C14H22N2O2/c1-4-12-7-5-6-8-13(12)18-10-9-15-14(17)16-11(2)3/h5-8,11H,4,9-10H2,1-3H3,(H2,15,16,17). The molecule has 0 aliphatic carbocycles. The fourth-order valence-electron chi connectivity index (χ4n) is 1.58. The zero-order chi connectivity index (χ0) is 13.4. The van der Waals surface area contributed by atoms with Crippen molar-refractivity contribution in [1.82, 2.24) is 10.6 Å². The Kier molecular flexibility index (Phi) is 6.05. The first-order valence-electron chi connectivity index (χ1n) is 6.38. The van der Waals surface area contributed by atoms with E-state index in [1.807, 2.05) is 38.1 Å². The summed E-state index contributed by atoms with van der Waals surface area (Å²) >= 11 is 0. The summed E-state index contributed by atoms with van der Waals surface area (Å²) in [6, 6.07) is 7.94. The SMILES string of the molecule is CCc1ccccc1OCCNC(=O)NC(C)C.